The number of hydrogen-bond acceptors (Lipinski definition) is 3. The van der Waals surface area contributed by atoms with Crippen LogP contribution in [-0.2, 0) is 6.42 Å². The molecule has 5 nitrogen and oxygen atoms in total. The quantitative estimate of drug-likeness (QED) is 0.254. The third kappa shape index (κ3) is 7.47. The number of carbonyl (C=O) groups is 1. The van der Waals surface area contributed by atoms with Crippen LogP contribution in [-0.4, -0.2) is 58.0 Å². The van der Waals surface area contributed by atoms with Gasteiger partial charge in [0.1, 0.15) is 0 Å². The summed E-state index contributed by atoms with van der Waals surface area (Å²) >= 11 is 0. The molecule has 0 bridgehead atoms. The van der Waals surface area contributed by atoms with Crippen molar-refractivity contribution in [3.05, 3.63) is 59.3 Å². The molecule has 38 heavy (non-hydrogen) atoms. The number of hydrogen-bond donors (Lipinski definition) is 0. The Balaban J connectivity index is 1.64. The molecule has 1 aliphatic heterocycles. The van der Waals surface area contributed by atoms with Gasteiger partial charge in [0.05, 0.1) is 11.2 Å². The van der Waals surface area contributed by atoms with Crippen molar-refractivity contribution in [1.29, 1.82) is 0 Å². The average molecular weight is 517 g/mol. The van der Waals surface area contributed by atoms with Crippen LogP contribution >= 0.6 is 0 Å². The molecule has 2 aromatic heterocycles. The van der Waals surface area contributed by atoms with E-state index in [1.807, 2.05) is 16.8 Å². The highest BCUT2D eigenvalue weighted by Crippen LogP contribution is 2.29. The Morgan fingerprint density at radius 2 is 1.61 bits per heavy atom. The molecule has 4 rings (SSSR count). The number of aromatic nitrogens is 2. The fourth-order valence-electron chi connectivity index (χ4n) is 5.41. The number of rotatable bonds is 12. The fourth-order valence-corrected chi connectivity index (χ4v) is 5.41. The van der Waals surface area contributed by atoms with E-state index in [0.717, 1.165) is 67.7 Å². The molecule has 1 aliphatic rings. The molecule has 0 saturated carbocycles. The second-order valence-electron chi connectivity index (χ2n) is 12.1. The minimum atomic E-state index is 0.145. The number of amides is 1. The van der Waals surface area contributed by atoms with E-state index < -0.39 is 0 Å². The van der Waals surface area contributed by atoms with Crippen molar-refractivity contribution in [2.45, 2.75) is 79.6 Å². The van der Waals surface area contributed by atoms with Crippen LogP contribution in [0.5, 0.6) is 0 Å². The molecular weight excluding hydrogens is 468 g/mol. The van der Waals surface area contributed by atoms with Crippen molar-refractivity contribution < 1.29 is 4.79 Å². The summed E-state index contributed by atoms with van der Waals surface area (Å²) in [5.41, 5.74) is 6.55. The van der Waals surface area contributed by atoms with Crippen LogP contribution in [0.2, 0.25) is 0 Å². The first kappa shape index (κ1) is 28.4. The Hall–Kier alpha value is -2.66. The zero-order valence-corrected chi connectivity index (χ0v) is 24.4. The summed E-state index contributed by atoms with van der Waals surface area (Å²) < 4.78 is 1.98. The molecule has 1 aromatic carbocycles. The molecule has 0 atom stereocenters. The van der Waals surface area contributed by atoms with Gasteiger partial charge >= 0.3 is 0 Å². The van der Waals surface area contributed by atoms with Crippen molar-refractivity contribution in [2.75, 3.05) is 32.7 Å². The molecule has 1 saturated heterocycles. The van der Waals surface area contributed by atoms with Crippen LogP contribution in [0.1, 0.15) is 87.7 Å². The van der Waals surface area contributed by atoms with Gasteiger partial charge in [-0.05, 0) is 89.1 Å². The molecule has 1 amide bonds. The average Bonchev–Trinajstić information content (AvgIpc) is 3.27. The standard InChI is InChI=1S/C33H48N4O/c1-25(2)15-21-36(22-16-26(3)4)33(38)29-17-23-37-31(24-29)30(10-9-20-35-18-7-6-8-19-35)32(34-37)28-13-11-27(5)12-14-28/h11-14,17,23-26H,6-10,15-16,18-22H2,1-5H3. The lowest BCUT2D eigenvalue weighted by atomic mass is 10.0. The van der Waals surface area contributed by atoms with Gasteiger partial charge in [-0.1, -0.05) is 63.9 Å². The van der Waals surface area contributed by atoms with Gasteiger partial charge in [0.15, 0.2) is 0 Å². The van der Waals surface area contributed by atoms with Crippen LogP contribution in [0, 0.1) is 18.8 Å². The number of fused-ring (bicyclic) bond motifs is 1. The van der Waals surface area contributed by atoms with E-state index in [1.54, 1.807) is 0 Å². The number of pyridine rings is 1. The number of aryl methyl sites for hydroxylation is 2. The SMILES string of the molecule is Cc1ccc(-c2nn3ccc(C(=O)N(CCC(C)C)CCC(C)C)cc3c2CCCN2CCCCC2)cc1. The predicted octanol–water partition coefficient (Wildman–Crippen LogP) is 7.26. The minimum Gasteiger partial charge on any atom is -0.339 e. The number of likely N-dealkylation sites (tertiary alicyclic amines) is 1. The topological polar surface area (TPSA) is 40.9 Å². The number of benzene rings is 1. The third-order valence-corrected chi connectivity index (χ3v) is 7.90. The van der Waals surface area contributed by atoms with E-state index in [2.05, 4.69) is 74.8 Å². The normalized spacial score (nSPS) is 14.6. The molecule has 5 heteroatoms. The lowest BCUT2D eigenvalue weighted by Gasteiger charge is -2.26. The van der Waals surface area contributed by atoms with Crippen molar-refractivity contribution in [3.63, 3.8) is 0 Å². The zero-order valence-electron chi connectivity index (χ0n) is 24.4. The molecule has 0 spiro atoms. The van der Waals surface area contributed by atoms with Crippen LogP contribution < -0.4 is 0 Å². The Labute approximate surface area is 230 Å². The molecule has 3 heterocycles. The van der Waals surface area contributed by atoms with Gasteiger partial charge in [-0.3, -0.25) is 4.79 Å². The van der Waals surface area contributed by atoms with E-state index in [-0.39, 0.29) is 5.91 Å². The molecule has 206 valence electrons. The van der Waals surface area contributed by atoms with Gasteiger partial charge in [-0.25, -0.2) is 4.52 Å². The molecule has 1 fully saturated rings. The van der Waals surface area contributed by atoms with Crippen LogP contribution in [0.3, 0.4) is 0 Å². The largest absolute Gasteiger partial charge is 0.339 e. The maximum atomic E-state index is 13.7. The van der Waals surface area contributed by atoms with Crippen molar-refractivity contribution in [3.8, 4) is 11.3 Å². The van der Waals surface area contributed by atoms with Gasteiger partial charge in [-0.2, -0.15) is 5.10 Å². The van der Waals surface area contributed by atoms with Crippen molar-refractivity contribution in [1.82, 2.24) is 19.4 Å². The maximum Gasteiger partial charge on any atom is 0.253 e. The highest BCUT2D eigenvalue weighted by Gasteiger charge is 2.21. The van der Waals surface area contributed by atoms with Gasteiger partial charge in [0.2, 0.25) is 0 Å². The molecule has 3 aromatic rings. The summed E-state index contributed by atoms with van der Waals surface area (Å²) in [6, 6.07) is 12.7. The van der Waals surface area contributed by atoms with Crippen LogP contribution in [0.15, 0.2) is 42.6 Å². The van der Waals surface area contributed by atoms with E-state index in [1.165, 1.54) is 43.5 Å². The zero-order chi connectivity index (χ0) is 27.1. The van der Waals surface area contributed by atoms with Gasteiger partial charge in [-0.15, -0.1) is 0 Å². The van der Waals surface area contributed by atoms with Gasteiger partial charge in [0, 0.05) is 36.0 Å². The second-order valence-corrected chi connectivity index (χ2v) is 12.1. The summed E-state index contributed by atoms with van der Waals surface area (Å²) in [6.07, 6.45) is 10.1. The highest BCUT2D eigenvalue weighted by molar-refractivity contribution is 5.95. The molecule has 0 unspecified atom stereocenters. The van der Waals surface area contributed by atoms with E-state index >= 15 is 0 Å². The minimum absolute atomic E-state index is 0.145. The molecule has 0 radical (unpaired) electrons. The number of nitrogens with zero attached hydrogens (tertiary/aromatic N) is 4. The van der Waals surface area contributed by atoms with E-state index in [4.69, 9.17) is 5.10 Å². The first-order valence-corrected chi connectivity index (χ1v) is 14.9. The Morgan fingerprint density at radius 1 is 0.947 bits per heavy atom. The smallest absolute Gasteiger partial charge is 0.253 e. The maximum absolute atomic E-state index is 13.7. The van der Waals surface area contributed by atoms with E-state index in [9.17, 15) is 4.79 Å². The Kier molecular flexibility index (Phi) is 10.0. The first-order chi connectivity index (χ1) is 18.3. The second kappa shape index (κ2) is 13.4. The fraction of sp³-hybridized carbons (Fsp3) is 0.576. The van der Waals surface area contributed by atoms with Crippen LogP contribution in [0.4, 0.5) is 0 Å². The summed E-state index contributed by atoms with van der Waals surface area (Å²) in [6.45, 7) is 16.2. The Bertz CT molecular complexity index is 1160. The summed E-state index contributed by atoms with van der Waals surface area (Å²) in [5.74, 6) is 1.29. The first-order valence-electron chi connectivity index (χ1n) is 14.9. The van der Waals surface area contributed by atoms with E-state index in [0.29, 0.717) is 11.8 Å². The summed E-state index contributed by atoms with van der Waals surface area (Å²) in [4.78, 5) is 18.4. The lowest BCUT2D eigenvalue weighted by Crippen LogP contribution is -2.34. The van der Waals surface area contributed by atoms with Crippen molar-refractivity contribution >= 4 is 11.4 Å². The predicted molar refractivity (Wildman–Crippen MR) is 159 cm³/mol. The van der Waals surface area contributed by atoms with Crippen LogP contribution in [0.25, 0.3) is 16.8 Å². The van der Waals surface area contributed by atoms with Crippen molar-refractivity contribution in [2.24, 2.45) is 11.8 Å². The van der Waals surface area contributed by atoms with Gasteiger partial charge in [0.25, 0.3) is 5.91 Å². The molecule has 0 aliphatic carbocycles. The van der Waals surface area contributed by atoms with Gasteiger partial charge < -0.3 is 9.80 Å². The monoisotopic (exact) mass is 516 g/mol. The molecular formula is C33H48N4O. The summed E-state index contributed by atoms with van der Waals surface area (Å²) in [5, 5.41) is 5.02. The summed E-state index contributed by atoms with van der Waals surface area (Å²) in [7, 11) is 0. The number of piperidine rings is 1. The highest BCUT2D eigenvalue weighted by atomic mass is 16.2. The Morgan fingerprint density at radius 3 is 2.24 bits per heavy atom. The lowest BCUT2D eigenvalue weighted by molar-refractivity contribution is 0.0741. The molecule has 0 N–H and O–H groups in total. The third-order valence-electron chi connectivity index (χ3n) is 7.90. The number of carbonyl (C=O) groups excluding carboxylic acids is 1.